The highest BCUT2D eigenvalue weighted by atomic mass is 16.5. The fraction of sp³-hybridized carbons (Fsp3) is 0.824. The molecule has 0 spiro atoms. The highest BCUT2D eigenvalue weighted by molar-refractivity contribution is 5.73. The van der Waals surface area contributed by atoms with Crippen molar-refractivity contribution in [1.29, 1.82) is 0 Å². The normalized spacial score (nSPS) is 22.1. The molecule has 0 aromatic carbocycles. The number of amides is 2. The molecule has 2 N–H and O–H groups in total. The molecular formula is C17H32N2O2. The van der Waals surface area contributed by atoms with E-state index in [-0.39, 0.29) is 6.03 Å². The van der Waals surface area contributed by atoms with Crippen LogP contribution >= 0.6 is 0 Å². The lowest BCUT2D eigenvalue weighted by Gasteiger charge is -2.30. The van der Waals surface area contributed by atoms with Crippen LogP contribution in [0.4, 0.5) is 4.79 Å². The molecule has 1 aliphatic rings. The third kappa shape index (κ3) is 8.10. The number of hydrogen-bond donors (Lipinski definition) is 2. The van der Waals surface area contributed by atoms with Crippen LogP contribution in [-0.2, 0) is 4.74 Å². The van der Waals surface area contributed by atoms with E-state index in [0.717, 1.165) is 24.0 Å². The summed E-state index contributed by atoms with van der Waals surface area (Å²) in [6, 6.07) is -0.0834. The van der Waals surface area contributed by atoms with Gasteiger partial charge in [-0.15, -0.1) is 0 Å². The zero-order valence-corrected chi connectivity index (χ0v) is 13.9. The third-order valence-corrected chi connectivity index (χ3v) is 4.27. The molecule has 1 rings (SSSR count). The fourth-order valence-corrected chi connectivity index (χ4v) is 2.84. The Kier molecular flexibility index (Phi) is 8.43. The molecule has 0 unspecified atom stereocenters. The molecule has 1 fully saturated rings. The Morgan fingerprint density at radius 2 is 1.90 bits per heavy atom. The van der Waals surface area contributed by atoms with Crippen LogP contribution in [0.25, 0.3) is 0 Å². The number of carbonyl (C=O) groups is 1. The Morgan fingerprint density at radius 3 is 2.48 bits per heavy atom. The summed E-state index contributed by atoms with van der Waals surface area (Å²) in [4.78, 5) is 11.7. The summed E-state index contributed by atoms with van der Waals surface area (Å²) in [5.74, 6) is 2.31. The molecule has 122 valence electrons. The van der Waals surface area contributed by atoms with Gasteiger partial charge in [0, 0.05) is 13.1 Å². The first kappa shape index (κ1) is 18.0. The van der Waals surface area contributed by atoms with E-state index in [0.29, 0.717) is 25.7 Å². The predicted molar refractivity (Wildman–Crippen MR) is 87.3 cm³/mol. The van der Waals surface area contributed by atoms with E-state index in [1.54, 1.807) is 0 Å². The molecule has 0 saturated heterocycles. The highest BCUT2D eigenvalue weighted by Gasteiger charge is 2.23. The largest absolute Gasteiger partial charge is 0.375 e. The van der Waals surface area contributed by atoms with E-state index in [9.17, 15) is 4.79 Å². The number of carbonyl (C=O) groups excluding carboxylic acids is 1. The van der Waals surface area contributed by atoms with Gasteiger partial charge in [-0.05, 0) is 50.4 Å². The van der Waals surface area contributed by atoms with Crippen LogP contribution < -0.4 is 10.6 Å². The Labute approximate surface area is 129 Å². The van der Waals surface area contributed by atoms with E-state index in [1.807, 2.05) is 6.92 Å². The van der Waals surface area contributed by atoms with Crippen molar-refractivity contribution < 1.29 is 9.53 Å². The summed E-state index contributed by atoms with van der Waals surface area (Å²) in [6.07, 6.45) is 5.09. The summed E-state index contributed by atoms with van der Waals surface area (Å²) in [7, 11) is 0. The van der Waals surface area contributed by atoms with Gasteiger partial charge in [-0.3, -0.25) is 0 Å². The van der Waals surface area contributed by atoms with Crippen LogP contribution in [0, 0.1) is 17.8 Å². The number of rotatable bonds is 8. The molecule has 0 radical (unpaired) electrons. The molecule has 1 aliphatic carbocycles. The van der Waals surface area contributed by atoms with Crippen LogP contribution in [0.1, 0.15) is 46.5 Å². The molecule has 0 aromatic heterocycles. The van der Waals surface area contributed by atoms with Crippen LogP contribution in [0.3, 0.4) is 0 Å². The smallest absolute Gasteiger partial charge is 0.314 e. The highest BCUT2D eigenvalue weighted by Crippen LogP contribution is 2.32. The quantitative estimate of drug-likeness (QED) is 0.533. The van der Waals surface area contributed by atoms with Gasteiger partial charge in [0.1, 0.15) is 0 Å². The lowest BCUT2D eigenvalue weighted by molar-refractivity contribution is 0.157. The number of urea groups is 1. The van der Waals surface area contributed by atoms with Gasteiger partial charge in [0.2, 0.25) is 0 Å². The number of nitrogens with one attached hydrogen (secondary N) is 2. The third-order valence-electron chi connectivity index (χ3n) is 4.27. The first-order valence-electron chi connectivity index (χ1n) is 8.22. The first-order chi connectivity index (χ1) is 9.99. The second-order valence-corrected chi connectivity index (χ2v) is 6.67. The summed E-state index contributed by atoms with van der Waals surface area (Å²) in [5, 5.41) is 5.79. The summed E-state index contributed by atoms with van der Waals surface area (Å²) in [5.41, 5.74) is 0.997. The van der Waals surface area contributed by atoms with Crippen LogP contribution in [0.5, 0.6) is 0 Å². The van der Waals surface area contributed by atoms with Gasteiger partial charge in [0.05, 0.1) is 13.2 Å². The van der Waals surface area contributed by atoms with Crippen LogP contribution in [0.2, 0.25) is 0 Å². The van der Waals surface area contributed by atoms with Gasteiger partial charge in [-0.25, -0.2) is 4.79 Å². The zero-order chi connectivity index (χ0) is 15.7. The van der Waals surface area contributed by atoms with E-state index in [2.05, 4.69) is 31.1 Å². The molecule has 4 nitrogen and oxygen atoms in total. The zero-order valence-electron chi connectivity index (χ0n) is 13.9. The second kappa shape index (κ2) is 9.82. The molecule has 1 saturated carbocycles. The lowest BCUT2D eigenvalue weighted by Crippen LogP contribution is -2.40. The van der Waals surface area contributed by atoms with Crippen molar-refractivity contribution in [3.8, 4) is 0 Å². The van der Waals surface area contributed by atoms with Crippen molar-refractivity contribution >= 4 is 6.03 Å². The Hall–Kier alpha value is -1.03. The molecule has 0 atom stereocenters. The summed E-state index contributed by atoms with van der Waals surface area (Å²) >= 11 is 0. The van der Waals surface area contributed by atoms with E-state index in [1.165, 1.54) is 25.7 Å². The average molecular weight is 296 g/mol. The Balaban J connectivity index is 2.02. The molecule has 0 aromatic rings. The summed E-state index contributed by atoms with van der Waals surface area (Å²) in [6.45, 7) is 12.7. The maximum Gasteiger partial charge on any atom is 0.314 e. The lowest BCUT2D eigenvalue weighted by atomic mass is 9.77. The van der Waals surface area contributed by atoms with Gasteiger partial charge < -0.3 is 15.4 Å². The Morgan fingerprint density at radius 1 is 1.24 bits per heavy atom. The molecule has 0 bridgehead atoms. The average Bonchev–Trinajstić information content (AvgIpc) is 2.44. The molecule has 0 aliphatic heterocycles. The number of ether oxygens (including phenoxy) is 1. The van der Waals surface area contributed by atoms with Crippen molar-refractivity contribution in [2.75, 3.05) is 26.3 Å². The SMILES string of the molecule is C=C(C)COCCNC(=O)NCC1CCC(C(C)C)CC1. The van der Waals surface area contributed by atoms with Crippen molar-refractivity contribution in [2.24, 2.45) is 17.8 Å². The van der Waals surface area contributed by atoms with Gasteiger partial charge in [0.15, 0.2) is 0 Å². The van der Waals surface area contributed by atoms with E-state index < -0.39 is 0 Å². The second-order valence-electron chi connectivity index (χ2n) is 6.67. The van der Waals surface area contributed by atoms with Crippen molar-refractivity contribution in [1.82, 2.24) is 10.6 Å². The van der Waals surface area contributed by atoms with Crippen LogP contribution in [-0.4, -0.2) is 32.3 Å². The standard InChI is InChI=1S/C17H32N2O2/c1-13(2)12-21-10-9-18-17(20)19-11-15-5-7-16(8-6-15)14(3)4/h14-16H,1,5-12H2,2-4H3,(H2,18,19,20). The topological polar surface area (TPSA) is 50.4 Å². The first-order valence-corrected chi connectivity index (χ1v) is 8.22. The maximum atomic E-state index is 11.7. The van der Waals surface area contributed by atoms with Crippen LogP contribution in [0.15, 0.2) is 12.2 Å². The molecule has 2 amide bonds. The minimum atomic E-state index is -0.0834. The minimum absolute atomic E-state index is 0.0834. The van der Waals surface area contributed by atoms with Gasteiger partial charge in [-0.2, -0.15) is 0 Å². The van der Waals surface area contributed by atoms with Gasteiger partial charge in [-0.1, -0.05) is 26.0 Å². The Bertz CT molecular complexity index is 321. The monoisotopic (exact) mass is 296 g/mol. The predicted octanol–water partition coefficient (Wildman–Crippen LogP) is 3.34. The maximum absolute atomic E-state index is 11.7. The van der Waals surface area contributed by atoms with Crippen molar-refractivity contribution in [3.05, 3.63) is 12.2 Å². The molecule has 4 heteroatoms. The van der Waals surface area contributed by atoms with Gasteiger partial charge >= 0.3 is 6.03 Å². The molecular weight excluding hydrogens is 264 g/mol. The fourth-order valence-electron chi connectivity index (χ4n) is 2.84. The van der Waals surface area contributed by atoms with E-state index in [4.69, 9.17) is 4.74 Å². The molecule has 21 heavy (non-hydrogen) atoms. The van der Waals surface area contributed by atoms with Crippen molar-refractivity contribution in [3.63, 3.8) is 0 Å². The van der Waals surface area contributed by atoms with Crippen molar-refractivity contribution in [2.45, 2.75) is 46.5 Å². The van der Waals surface area contributed by atoms with E-state index >= 15 is 0 Å². The summed E-state index contributed by atoms with van der Waals surface area (Å²) < 4.78 is 5.33. The van der Waals surface area contributed by atoms with Gasteiger partial charge in [0.25, 0.3) is 0 Å². The number of hydrogen-bond acceptors (Lipinski definition) is 2. The minimum Gasteiger partial charge on any atom is -0.375 e. The molecule has 0 heterocycles.